The lowest BCUT2D eigenvalue weighted by molar-refractivity contribution is -0.125. The fourth-order valence-electron chi connectivity index (χ4n) is 2.94. The smallest absolute Gasteiger partial charge is 0.223 e. The molecular weight excluding hydrogens is 354 g/mol. The van der Waals surface area contributed by atoms with E-state index in [0.717, 1.165) is 36.0 Å². The number of rotatable bonds is 4. The molecule has 3 rings (SSSR count). The Kier molecular flexibility index (Phi) is 5.28. The summed E-state index contributed by atoms with van der Waals surface area (Å²) in [5.41, 5.74) is 2.30. The Morgan fingerprint density at radius 3 is 2.65 bits per heavy atom. The van der Waals surface area contributed by atoms with Gasteiger partial charge in [0.2, 0.25) is 5.91 Å². The van der Waals surface area contributed by atoms with E-state index in [1.807, 2.05) is 48.8 Å². The van der Waals surface area contributed by atoms with E-state index >= 15 is 0 Å². The molecule has 1 aromatic carbocycles. The largest absolute Gasteiger partial charge is 0.371 e. The van der Waals surface area contributed by atoms with Gasteiger partial charge in [0, 0.05) is 48.1 Å². The zero-order chi connectivity index (χ0) is 16.1. The zero-order valence-electron chi connectivity index (χ0n) is 12.9. The number of piperidine rings is 1. The fourth-order valence-corrected chi connectivity index (χ4v) is 3.38. The molecule has 1 N–H and O–H groups in total. The summed E-state index contributed by atoms with van der Waals surface area (Å²) in [4.78, 5) is 18.7. The summed E-state index contributed by atoms with van der Waals surface area (Å²) in [5, 5.41) is 3.06. The van der Waals surface area contributed by atoms with E-state index in [1.54, 1.807) is 0 Å². The normalized spacial score (nSPS) is 15.4. The second kappa shape index (κ2) is 7.59. The summed E-state index contributed by atoms with van der Waals surface area (Å²) >= 11 is 3.45. The Morgan fingerprint density at radius 2 is 1.96 bits per heavy atom. The molecule has 1 saturated heterocycles. The molecule has 120 valence electrons. The number of pyridine rings is 1. The van der Waals surface area contributed by atoms with E-state index in [-0.39, 0.29) is 11.8 Å². The standard InChI is InChI=1S/C18H20BrN3O/c19-16-3-1-2-14(12-16)13-21-18(23)15-6-10-22(11-7-15)17-4-8-20-9-5-17/h1-5,8-9,12,15H,6-7,10-11,13H2,(H,21,23). The summed E-state index contributed by atoms with van der Waals surface area (Å²) in [6.07, 6.45) is 5.41. The minimum atomic E-state index is 0.111. The average molecular weight is 374 g/mol. The first kappa shape index (κ1) is 16.0. The molecule has 1 fully saturated rings. The zero-order valence-corrected chi connectivity index (χ0v) is 14.5. The van der Waals surface area contributed by atoms with E-state index in [4.69, 9.17) is 0 Å². The molecule has 0 spiro atoms. The molecule has 4 nitrogen and oxygen atoms in total. The van der Waals surface area contributed by atoms with Crippen molar-refractivity contribution in [1.29, 1.82) is 0 Å². The fraction of sp³-hybridized carbons (Fsp3) is 0.333. The third-order valence-corrected chi connectivity index (χ3v) is 4.74. The molecule has 2 aromatic rings. The van der Waals surface area contributed by atoms with Crippen LogP contribution in [-0.2, 0) is 11.3 Å². The van der Waals surface area contributed by atoms with Crippen LogP contribution in [0.15, 0.2) is 53.3 Å². The first-order chi connectivity index (χ1) is 11.2. The highest BCUT2D eigenvalue weighted by molar-refractivity contribution is 9.10. The average Bonchev–Trinajstić information content (AvgIpc) is 2.61. The van der Waals surface area contributed by atoms with Crippen LogP contribution >= 0.6 is 15.9 Å². The van der Waals surface area contributed by atoms with Crippen molar-refractivity contribution in [2.45, 2.75) is 19.4 Å². The SMILES string of the molecule is O=C(NCc1cccc(Br)c1)C1CCN(c2ccncc2)CC1. The van der Waals surface area contributed by atoms with Crippen molar-refractivity contribution in [2.75, 3.05) is 18.0 Å². The number of hydrogen-bond acceptors (Lipinski definition) is 3. The molecule has 1 aliphatic heterocycles. The summed E-state index contributed by atoms with van der Waals surface area (Å²) in [6.45, 7) is 2.42. The number of carbonyl (C=O) groups is 1. The summed E-state index contributed by atoms with van der Waals surface area (Å²) in [5.74, 6) is 0.277. The molecule has 2 heterocycles. The van der Waals surface area contributed by atoms with Gasteiger partial charge in [0.15, 0.2) is 0 Å². The van der Waals surface area contributed by atoms with E-state index in [2.05, 4.69) is 31.1 Å². The number of hydrogen-bond donors (Lipinski definition) is 1. The number of aromatic nitrogens is 1. The van der Waals surface area contributed by atoms with E-state index < -0.39 is 0 Å². The maximum absolute atomic E-state index is 12.3. The molecular formula is C18H20BrN3O. The number of nitrogens with zero attached hydrogens (tertiary/aromatic N) is 2. The van der Waals surface area contributed by atoms with Crippen LogP contribution in [0.2, 0.25) is 0 Å². The van der Waals surface area contributed by atoms with Crippen molar-refractivity contribution in [1.82, 2.24) is 10.3 Å². The topological polar surface area (TPSA) is 45.2 Å². The number of anilines is 1. The van der Waals surface area contributed by atoms with Gasteiger partial charge in [0.1, 0.15) is 0 Å². The van der Waals surface area contributed by atoms with Gasteiger partial charge in [-0.2, -0.15) is 0 Å². The maximum atomic E-state index is 12.3. The van der Waals surface area contributed by atoms with Crippen LogP contribution < -0.4 is 10.2 Å². The van der Waals surface area contributed by atoms with Gasteiger partial charge in [-0.05, 0) is 42.7 Å². The molecule has 1 amide bonds. The molecule has 0 atom stereocenters. The van der Waals surface area contributed by atoms with E-state index in [0.29, 0.717) is 6.54 Å². The summed E-state index contributed by atoms with van der Waals surface area (Å²) in [7, 11) is 0. The quantitative estimate of drug-likeness (QED) is 0.893. The lowest BCUT2D eigenvalue weighted by atomic mass is 9.95. The van der Waals surface area contributed by atoms with Gasteiger partial charge in [-0.15, -0.1) is 0 Å². The predicted octanol–water partition coefficient (Wildman–Crippen LogP) is 3.38. The highest BCUT2D eigenvalue weighted by Crippen LogP contribution is 2.23. The Hall–Kier alpha value is -1.88. The summed E-state index contributed by atoms with van der Waals surface area (Å²) < 4.78 is 1.04. The monoisotopic (exact) mass is 373 g/mol. The maximum Gasteiger partial charge on any atom is 0.223 e. The Morgan fingerprint density at radius 1 is 1.22 bits per heavy atom. The van der Waals surface area contributed by atoms with E-state index in [1.165, 1.54) is 5.69 Å². The lowest BCUT2D eigenvalue weighted by Crippen LogP contribution is -2.40. The molecule has 1 aromatic heterocycles. The molecule has 5 heteroatoms. The predicted molar refractivity (Wildman–Crippen MR) is 95.2 cm³/mol. The first-order valence-electron chi connectivity index (χ1n) is 7.89. The second-order valence-electron chi connectivity index (χ2n) is 5.81. The van der Waals surface area contributed by atoms with Gasteiger partial charge in [0.25, 0.3) is 0 Å². The molecule has 23 heavy (non-hydrogen) atoms. The number of carbonyl (C=O) groups excluding carboxylic acids is 1. The lowest BCUT2D eigenvalue weighted by Gasteiger charge is -2.32. The molecule has 0 unspecified atom stereocenters. The van der Waals surface area contributed by atoms with Gasteiger partial charge in [-0.3, -0.25) is 9.78 Å². The Bertz CT molecular complexity index is 654. The number of nitrogens with one attached hydrogen (secondary N) is 1. The van der Waals surface area contributed by atoms with Crippen molar-refractivity contribution in [3.05, 3.63) is 58.8 Å². The second-order valence-corrected chi connectivity index (χ2v) is 6.73. The van der Waals surface area contributed by atoms with Crippen LogP contribution in [0, 0.1) is 5.92 Å². The van der Waals surface area contributed by atoms with Crippen LogP contribution in [0.25, 0.3) is 0 Å². The van der Waals surface area contributed by atoms with Crippen molar-refractivity contribution in [2.24, 2.45) is 5.92 Å². The van der Waals surface area contributed by atoms with Gasteiger partial charge >= 0.3 is 0 Å². The van der Waals surface area contributed by atoms with Crippen molar-refractivity contribution < 1.29 is 4.79 Å². The first-order valence-corrected chi connectivity index (χ1v) is 8.69. The van der Waals surface area contributed by atoms with Gasteiger partial charge < -0.3 is 10.2 Å². The number of amides is 1. The molecule has 0 aliphatic carbocycles. The van der Waals surface area contributed by atoms with Crippen LogP contribution in [0.5, 0.6) is 0 Å². The van der Waals surface area contributed by atoms with Crippen LogP contribution in [0.4, 0.5) is 5.69 Å². The Balaban J connectivity index is 1.48. The minimum Gasteiger partial charge on any atom is -0.371 e. The van der Waals surface area contributed by atoms with Crippen molar-refractivity contribution in [3.63, 3.8) is 0 Å². The van der Waals surface area contributed by atoms with E-state index in [9.17, 15) is 4.79 Å². The molecule has 0 saturated carbocycles. The van der Waals surface area contributed by atoms with Gasteiger partial charge in [0.05, 0.1) is 0 Å². The molecule has 0 radical (unpaired) electrons. The van der Waals surface area contributed by atoms with Crippen LogP contribution in [0.3, 0.4) is 0 Å². The number of halogens is 1. The van der Waals surface area contributed by atoms with Crippen LogP contribution in [0.1, 0.15) is 18.4 Å². The molecule has 0 bridgehead atoms. The summed E-state index contributed by atoms with van der Waals surface area (Å²) in [6, 6.07) is 12.1. The number of benzene rings is 1. The highest BCUT2D eigenvalue weighted by atomic mass is 79.9. The highest BCUT2D eigenvalue weighted by Gasteiger charge is 2.24. The van der Waals surface area contributed by atoms with Gasteiger partial charge in [-0.1, -0.05) is 28.1 Å². The Labute approximate surface area is 145 Å². The van der Waals surface area contributed by atoms with Crippen molar-refractivity contribution >= 4 is 27.5 Å². The van der Waals surface area contributed by atoms with Crippen LogP contribution in [-0.4, -0.2) is 24.0 Å². The molecule has 1 aliphatic rings. The van der Waals surface area contributed by atoms with Gasteiger partial charge in [-0.25, -0.2) is 0 Å². The third-order valence-electron chi connectivity index (χ3n) is 4.25. The minimum absolute atomic E-state index is 0.111. The third kappa shape index (κ3) is 4.32. The van der Waals surface area contributed by atoms with Crippen molar-refractivity contribution in [3.8, 4) is 0 Å².